The minimum absolute atomic E-state index is 0.113. The molecule has 3 aromatic rings. The molecule has 0 aromatic heterocycles. The van der Waals surface area contributed by atoms with Crippen molar-refractivity contribution in [3.8, 4) is 5.75 Å². The second-order valence-corrected chi connectivity index (χ2v) is 10.8. The molecule has 178 valence electrons. The van der Waals surface area contributed by atoms with E-state index >= 15 is 0 Å². The molecule has 0 saturated heterocycles. The average molecular weight is 479 g/mol. The molecule has 1 aliphatic rings. The van der Waals surface area contributed by atoms with Crippen LogP contribution in [0.3, 0.4) is 0 Å². The van der Waals surface area contributed by atoms with Gasteiger partial charge in [0.1, 0.15) is 5.75 Å². The van der Waals surface area contributed by atoms with E-state index in [1.165, 1.54) is 9.87 Å². The predicted octanol–water partition coefficient (Wildman–Crippen LogP) is 4.75. The van der Waals surface area contributed by atoms with Gasteiger partial charge >= 0.3 is 0 Å². The van der Waals surface area contributed by atoms with Crippen LogP contribution in [0.4, 0.5) is 5.69 Å². The number of sulfonamides is 1. The zero-order valence-electron chi connectivity index (χ0n) is 20.1. The average Bonchev–Trinajstić information content (AvgIpc) is 2.81. The van der Waals surface area contributed by atoms with E-state index in [1.807, 2.05) is 33.8 Å². The van der Waals surface area contributed by atoms with Crippen LogP contribution < -0.4 is 14.4 Å². The molecule has 0 bridgehead atoms. The number of nitrogens with one attached hydrogen (secondary N) is 1. The first kappa shape index (κ1) is 23.8. The lowest BCUT2D eigenvalue weighted by molar-refractivity contribution is -0.128. The summed E-state index contributed by atoms with van der Waals surface area (Å²) >= 11 is 0. The standard InChI is InChI=1S/C27H30N2O4S/c1-17-11-12-25-24(13-17)29(34(31,32)22-9-7-6-8-10-22)16-26(33-25)27(30)28-21(5)23-15-19(3)18(2)14-20(23)4/h6-15,21,26H,16H2,1-5H3,(H,28,30). The molecule has 0 saturated carbocycles. The molecule has 7 heteroatoms. The van der Waals surface area contributed by atoms with E-state index in [4.69, 9.17) is 4.74 Å². The van der Waals surface area contributed by atoms with Gasteiger partial charge in [-0.15, -0.1) is 0 Å². The van der Waals surface area contributed by atoms with Crippen LogP contribution >= 0.6 is 0 Å². The molecule has 1 heterocycles. The van der Waals surface area contributed by atoms with E-state index in [9.17, 15) is 13.2 Å². The Morgan fingerprint density at radius 1 is 0.971 bits per heavy atom. The number of amides is 1. The van der Waals surface area contributed by atoms with Crippen LogP contribution in [0.2, 0.25) is 0 Å². The van der Waals surface area contributed by atoms with E-state index in [2.05, 4.69) is 24.4 Å². The van der Waals surface area contributed by atoms with Gasteiger partial charge in [-0.3, -0.25) is 9.10 Å². The number of fused-ring (bicyclic) bond motifs is 1. The number of carbonyl (C=O) groups is 1. The molecule has 4 rings (SSSR count). The number of hydrogen-bond donors (Lipinski definition) is 1. The monoisotopic (exact) mass is 478 g/mol. The summed E-state index contributed by atoms with van der Waals surface area (Å²) in [5.41, 5.74) is 5.80. The maximum absolute atomic E-state index is 13.5. The maximum atomic E-state index is 13.5. The van der Waals surface area contributed by atoms with Crippen LogP contribution in [0.1, 0.15) is 40.8 Å². The van der Waals surface area contributed by atoms with Gasteiger partial charge in [-0.25, -0.2) is 8.42 Å². The first-order valence-electron chi connectivity index (χ1n) is 11.3. The molecule has 0 spiro atoms. The summed E-state index contributed by atoms with van der Waals surface area (Å²) in [5, 5.41) is 3.02. The van der Waals surface area contributed by atoms with E-state index in [0.29, 0.717) is 11.4 Å². The Hall–Kier alpha value is -3.32. The summed E-state index contributed by atoms with van der Waals surface area (Å²) in [7, 11) is -3.88. The van der Waals surface area contributed by atoms with Crippen molar-refractivity contribution in [1.29, 1.82) is 0 Å². The summed E-state index contributed by atoms with van der Waals surface area (Å²) < 4.78 is 34.3. The van der Waals surface area contributed by atoms with Crippen LogP contribution in [-0.2, 0) is 14.8 Å². The van der Waals surface area contributed by atoms with E-state index in [0.717, 1.165) is 22.3 Å². The lowest BCUT2D eigenvalue weighted by Crippen LogP contribution is -2.51. The fourth-order valence-electron chi connectivity index (χ4n) is 4.28. The second-order valence-electron chi connectivity index (χ2n) is 8.95. The zero-order valence-corrected chi connectivity index (χ0v) is 20.9. The quantitative estimate of drug-likeness (QED) is 0.574. The molecule has 1 aliphatic heterocycles. The first-order valence-corrected chi connectivity index (χ1v) is 12.7. The highest BCUT2D eigenvalue weighted by atomic mass is 32.2. The Kier molecular flexibility index (Phi) is 6.41. The highest BCUT2D eigenvalue weighted by molar-refractivity contribution is 7.92. The van der Waals surface area contributed by atoms with Gasteiger partial charge in [0.15, 0.2) is 6.10 Å². The SMILES string of the molecule is Cc1ccc2c(c1)N(S(=O)(=O)c1ccccc1)CC(C(=O)NC(C)c1cc(C)c(C)cc1C)O2. The summed E-state index contributed by atoms with van der Waals surface area (Å²) in [6.07, 6.45) is -0.983. The first-order chi connectivity index (χ1) is 16.1. The molecule has 2 unspecified atom stereocenters. The number of hydrogen-bond acceptors (Lipinski definition) is 4. The molecule has 3 aromatic carbocycles. The number of rotatable bonds is 5. The Morgan fingerprint density at radius 2 is 1.65 bits per heavy atom. The Labute approximate surface area is 201 Å². The summed E-state index contributed by atoms with van der Waals surface area (Å²) in [6, 6.07) is 17.5. The Morgan fingerprint density at radius 3 is 2.35 bits per heavy atom. The normalized spacial score (nSPS) is 16.4. The largest absolute Gasteiger partial charge is 0.476 e. The maximum Gasteiger partial charge on any atom is 0.264 e. The zero-order chi connectivity index (χ0) is 24.6. The number of carbonyl (C=O) groups excluding carboxylic acids is 1. The topological polar surface area (TPSA) is 75.7 Å². The smallest absolute Gasteiger partial charge is 0.264 e. The lowest BCUT2D eigenvalue weighted by Gasteiger charge is -2.35. The third kappa shape index (κ3) is 4.53. The molecule has 0 fully saturated rings. The van der Waals surface area contributed by atoms with Gasteiger partial charge in [0.05, 0.1) is 23.2 Å². The Balaban J connectivity index is 1.64. The van der Waals surface area contributed by atoms with Crippen LogP contribution in [0.15, 0.2) is 65.6 Å². The second kappa shape index (κ2) is 9.14. The number of aryl methyl sites for hydroxylation is 4. The van der Waals surface area contributed by atoms with E-state index < -0.39 is 16.1 Å². The summed E-state index contributed by atoms with van der Waals surface area (Å²) in [4.78, 5) is 13.4. The fourth-order valence-corrected chi connectivity index (χ4v) is 5.77. The number of nitrogens with zero attached hydrogens (tertiary/aromatic N) is 1. The Bertz CT molecular complexity index is 1340. The third-order valence-electron chi connectivity index (χ3n) is 6.32. The third-order valence-corrected chi connectivity index (χ3v) is 8.11. The number of ether oxygens (including phenoxy) is 1. The predicted molar refractivity (Wildman–Crippen MR) is 134 cm³/mol. The van der Waals surface area contributed by atoms with Crippen molar-refractivity contribution in [2.45, 2.75) is 51.7 Å². The van der Waals surface area contributed by atoms with Crippen LogP contribution in [0.25, 0.3) is 0 Å². The van der Waals surface area contributed by atoms with Gasteiger partial charge in [-0.05, 0) is 86.7 Å². The van der Waals surface area contributed by atoms with Gasteiger partial charge in [-0.1, -0.05) is 36.4 Å². The van der Waals surface area contributed by atoms with Crippen LogP contribution in [0, 0.1) is 27.7 Å². The molecule has 1 N–H and O–H groups in total. The molecule has 0 radical (unpaired) electrons. The van der Waals surface area contributed by atoms with Crippen molar-refractivity contribution in [2.75, 3.05) is 10.8 Å². The minimum Gasteiger partial charge on any atom is -0.476 e. The number of benzene rings is 3. The highest BCUT2D eigenvalue weighted by Crippen LogP contribution is 2.38. The van der Waals surface area contributed by atoms with Gasteiger partial charge in [0, 0.05) is 0 Å². The van der Waals surface area contributed by atoms with Crippen molar-refractivity contribution in [1.82, 2.24) is 5.32 Å². The van der Waals surface area contributed by atoms with Crippen molar-refractivity contribution in [3.05, 3.63) is 88.5 Å². The van der Waals surface area contributed by atoms with E-state index in [1.54, 1.807) is 42.5 Å². The summed E-state index contributed by atoms with van der Waals surface area (Å²) in [5.74, 6) is 0.0103. The fraction of sp³-hybridized carbons (Fsp3) is 0.296. The lowest BCUT2D eigenvalue weighted by atomic mass is 9.96. The van der Waals surface area contributed by atoms with Crippen LogP contribution in [-0.4, -0.2) is 27.0 Å². The molecular formula is C27H30N2O4S. The van der Waals surface area contributed by atoms with Crippen molar-refractivity contribution >= 4 is 21.6 Å². The minimum atomic E-state index is -3.88. The molecule has 1 amide bonds. The molecule has 6 nitrogen and oxygen atoms in total. The van der Waals surface area contributed by atoms with Gasteiger partial charge in [0.2, 0.25) is 0 Å². The highest BCUT2D eigenvalue weighted by Gasteiger charge is 2.38. The number of anilines is 1. The van der Waals surface area contributed by atoms with Gasteiger partial charge in [-0.2, -0.15) is 0 Å². The molecule has 34 heavy (non-hydrogen) atoms. The van der Waals surface area contributed by atoms with Crippen molar-refractivity contribution in [2.24, 2.45) is 0 Å². The summed E-state index contributed by atoms with van der Waals surface area (Å²) in [6.45, 7) is 9.83. The van der Waals surface area contributed by atoms with Crippen molar-refractivity contribution < 1.29 is 17.9 Å². The van der Waals surface area contributed by atoms with E-state index in [-0.39, 0.29) is 23.4 Å². The van der Waals surface area contributed by atoms with Gasteiger partial charge in [0.25, 0.3) is 15.9 Å². The van der Waals surface area contributed by atoms with Crippen LogP contribution in [0.5, 0.6) is 5.75 Å². The van der Waals surface area contributed by atoms with Crippen molar-refractivity contribution in [3.63, 3.8) is 0 Å². The molecule has 2 atom stereocenters. The van der Waals surface area contributed by atoms with Gasteiger partial charge < -0.3 is 10.1 Å². The molecular weight excluding hydrogens is 448 g/mol. The molecule has 0 aliphatic carbocycles.